The maximum absolute atomic E-state index is 10.0. The van der Waals surface area contributed by atoms with Gasteiger partial charge in [0.05, 0.1) is 6.10 Å². The third-order valence-electron chi connectivity index (χ3n) is 4.62. The molecule has 2 unspecified atom stereocenters. The van der Waals surface area contributed by atoms with Gasteiger partial charge >= 0.3 is 0 Å². The van der Waals surface area contributed by atoms with Crippen LogP contribution in [0.3, 0.4) is 0 Å². The van der Waals surface area contributed by atoms with Crippen LogP contribution >= 0.6 is 0 Å². The lowest BCUT2D eigenvalue weighted by Gasteiger charge is -2.30. The van der Waals surface area contributed by atoms with E-state index in [2.05, 4.69) is 17.3 Å². The van der Waals surface area contributed by atoms with E-state index in [1.54, 1.807) is 0 Å². The Morgan fingerprint density at radius 2 is 1.89 bits per heavy atom. The number of nitrogens with one attached hydrogen (secondary N) is 1. The van der Waals surface area contributed by atoms with Gasteiger partial charge in [-0.05, 0) is 51.2 Å². The molecule has 2 aliphatic rings. The summed E-state index contributed by atoms with van der Waals surface area (Å²) < 4.78 is 0. The molecule has 2 N–H and O–H groups in total. The second kappa shape index (κ2) is 7.46. The van der Waals surface area contributed by atoms with Crippen LogP contribution in [0.5, 0.6) is 0 Å². The van der Waals surface area contributed by atoms with Crippen LogP contribution in [0.2, 0.25) is 0 Å². The Labute approximate surface area is 112 Å². The molecule has 0 amide bonds. The largest absolute Gasteiger partial charge is 0.392 e. The van der Waals surface area contributed by atoms with Crippen molar-refractivity contribution < 1.29 is 5.11 Å². The summed E-state index contributed by atoms with van der Waals surface area (Å²) in [6.45, 7) is 4.33. The molecule has 0 aromatic carbocycles. The zero-order chi connectivity index (χ0) is 12.8. The number of aliphatic hydroxyl groups excluding tert-OH is 1. The van der Waals surface area contributed by atoms with Gasteiger partial charge in [0.2, 0.25) is 0 Å². The predicted molar refractivity (Wildman–Crippen MR) is 75.7 cm³/mol. The van der Waals surface area contributed by atoms with E-state index in [9.17, 15) is 5.11 Å². The molecule has 1 saturated carbocycles. The van der Waals surface area contributed by atoms with Crippen molar-refractivity contribution in [3.8, 4) is 0 Å². The van der Waals surface area contributed by atoms with Gasteiger partial charge in [0.15, 0.2) is 0 Å². The first-order valence-corrected chi connectivity index (χ1v) is 7.81. The summed E-state index contributed by atoms with van der Waals surface area (Å²) in [4.78, 5) is 2.42. The van der Waals surface area contributed by atoms with Crippen LogP contribution < -0.4 is 5.32 Å². The van der Waals surface area contributed by atoms with Crippen molar-refractivity contribution in [2.24, 2.45) is 11.8 Å². The molecular formula is C15H30N2O. The van der Waals surface area contributed by atoms with Crippen molar-refractivity contribution in [3.05, 3.63) is 0 Å². The Balaban J connectivity index is 1.53. The van der Waals surface area contributed by atoms with Crippen molar-refractivity contribution in [2.45, 2.75) is 51.0 Å². The summed E-state index contributed by atoms with van der Waals surface area (Å²) in [7, 11) is 2.21. The minimum absolute atomic E-state index is 0.130. The van der Waals surface area contributed by atoms with Crippen molar-refractivity contribution in [1.82, 2.24) is 10.2 Å². The first-order chi connectivity index (χ1) is 8.74. The van der Waals surface area contributed by atoms with Gasteiger partial charge in [0.25, 0.3) is 0 Å². The molecule has 106 valence electrons. The van der Waals surface area contributed by atoms with E-state index >= 15 is 0 Å². The Morgan fingerprint density at radius 3 is 2.61 bits per heavy atom. The van der Waals surface area contributed by atoms with Crippen LogP contribution in [0, 0.1) is 11.8 Å². The first-order valence-electron chi connectivity index (χ1n) is 7.81. The molecule has 0 bridgehead atoms. The van der Waals surface area contributed by atoms with Crippen LogP contribution in [0.25, 0.3) is 0 Å². The van der Waals surface area contributed by atoms with Crippen LogP contribution in [0.4, 0.5) is 0 Å². The van der Waals surface area contributed by atoms with Gasteiger partial charge in [-0.3, -0.25) is 0 Å². The highest BCUT2D eigenvalue weighted by molar-refractivity contribution is 4.75. The summed E-state index contributed by atoms with van der Waals surface area (Å²) in [6, 6.07) is 0. The lowest BCUT2D eigenvalue weighted by atomic mass is 9.97. The molecule has 1 aliphatic carbocycles. The van der Waals surface area contributed by atoms with Gasteiger partial charge in [-0.25, -0.2) is 0 Å². The van der Waals surface area contributed by atoms with Crippen LogP contribution in [0.15, 0.2) is 0 Å². The third-order valence-corrected chi connectivity index (χ3v) is 4.62. The van der Waals surface area contributed by atoms with E-state index in [0.717, 1.165) is 31.3 Å². The monoisotopic (exact) mass is 254 g/mol. The van der Waals surface area contributed by atoms with Gasteiger partial charge < -0.3 is 15.3 Å². The molecule has 3 heteroatoms. The summed E-state index contributed by atoms with van der Waals surface area (Å²) >= 11 is 0. The molecule has 1 saturated heterocycles. The average molecular weight is 254 g/mol. The van der Waals surface area contributed by atoms with E-state index in [1.165, 1.54) is 51.6 Å². The number of hydrogen-bond donors (Lipinski definition) is 2. The van der Waals surface area contributed by atoms with Crippen LogP contribution in [-0.2, 0) is 0 Å². The first kappa shape index (κ1) is 14.3. The number of nitrogens with zero attached hydrogens (tertiary/aromatic N) is 1. The normalized spacial score (nSPS) is 28.7. The van der Waals surface area contributed by atoms with Crippen LogP contribution in [-0.4, -0.2) is 49.3 Å². The predicted octanol–water partition coefficient (Wildman–Crippen LogP) is 1.86. The number of piperidine rings is 1. The van der Waals surface area contributed by atoms with E-state index in [-0.39, 0.29) is 6.10 Å². The van der Waals surface area contributed by atoms with Gasteiger partial charge in [-0.15, -0.1) is 0 Å². The second-order valence-electron chi connectivity index (χ2n) is 6.47. The van der Waals surface area contributed by atoms with Gasteiger partial charge in [0, 0.05) is 13.1 Å². The van der Waals surface area contributed by atoms with Crippen molar-refractivity contribution in [1.29, 1.82) is 0 Å². The molecule has 0 radical (unpaired) electrons. The third kappa shape index (κ3) is 4.87. The van der Waals surface area contributed by atoms with E-state index < -0.39 is 0 Å². The molecule has 2 atom stereocenters. The zero-order valence-electron chi connectivity index (χ0n) is 11.9. The van der Waals surface area contributed by atoms with Crippen LogP contribution in [0.1, 0.15) is 44.9 Å². The summed E-state index contributed by atoms with van der Waals surface area (Å²) in [5.41, 5.74) is 0. The average Bonchev–Trinajstić information content (AvgIpc) is 2.82. The minimum atomic E-state index is -0.130. The summed E-state index contributed by atoms with van der Waals surface area (Å²) in [5, 5.41) is 13.5. The molecule has 18 heavy (non-hydrogen) atoms. The standard InChI is InChI=1S/C15H30N2O/c1-17-8-4-7-14(12-17)10-16-11-15(18)9-13-5-2-3-6-13/h13-16,18H,2-12H2,1H3. The maximum Gasteiger partial charge on any atom is 0.0667 e. The molecular weight excluding hydrogens is 224 g/mol. The van der Waals surface area contributed by atoms with Crippen molar-refractivity contribution in [2.75, 3.05) is 33.2 Å². The smallest absolute Gasteiger partial charge is 0.0667 e. The minimum Gasteiger partial charge on any atom is -0.392 e. The maximum atomic E-state index is 10.0. The zero-order valence-corrected chi connectivity index (χ0v) is 11.9. The lowest BCUT2D eigenvalue weighted by molar-refractivity contribution is 0.135. The fourth-order valence-corrected chi connectivity index (χ4v) is 3.61. The van der Waals surface area contributed by atoms with Gasteiger partial charge in [0.1, 0.15) is 0 Å². The van der Waals surface area contributed by atoms with Crippen molar-refractivity contribution in [3.63, 3.8) is 0 Å². The fourth-order valence-electron chi connectivity index (χ4n) is 3.61. The SMILES string of the molecule is CN1CCCC(CNCC(O)CC2CCCC2)C1. The molecule has 2 fully saturated rings. The Bertz CT molecular complexity index is 229. The highest BCUT2D eigenvalue weighted by Crippen LogP contribution is 2.28. The number of aliphatic hydroxyl groups is 1. The second-order valence-corrected chi connectivity index (χ2v) is 6.47. The highest BCUT2D eigenvalue weighted by Gasteiger charge is 2.20. The highest BCUT2D eigenvalue weighted by atomic mass is 16.3. The fraction of sp³-hybridized carbons (Fsp3) is 1.00. The van der Waals surface area contributed by atoms with Crippen molar-refractivity contribution >= 4 is 0 Å². The van der Waals surface area contributed by atoms with E-state index in [4.69, 9.17) is 0 Å². The Hall–Kier alpha value is -0.120. The molecule has 0 spiro atoms. The van der Waals surface area contributed by atoms with E-state index in [0.29, 0.717) is 0 Å². The quantitative estimate of drug-likeness (QED) is 0.759. The van der Waals surface area contributed by atoms with Gasteiger partial charge in [-0.1, -0.05) is 25.7 Å². The number of likely N-dealkylation sites (tertiary alicyclic amines) is 1. The molecule has 3 nitrogen and oxygen atoms in total. The topological polar surface area (TPSA) is 35.5 Å². The molecule has 1 aliphatic heterocycles. The Kier molecular flexibility index (Phi) is 5.93. The van der Waals surface area contributed by atoms with E-state index in [1.807, 2.05) is 0 Å². The van der Waals surface area contributed by atoms with Gasteiger partial charge in [-0.2, -0.15) is 0 Å². The molecule has 0 aromatic rings. The molecule has 1 heterocycles. The number of rotatable bonds is 6. The molecule has 0 aromatic heterocycles. The lowest BCUT2D eigenvalue weighted by Crippen LogP contribution is -2.39. The summed E-state index contributed by atoms with van der Waals surface area (Å²) in [6.07, 6.45) is 8.98. The summed E-state index contributed by atoms with van der Waals surface area (Å²) in [5.74, 6) is 1.57. The molecule has 2 rings (SSSR count). The number of hydrogen-bond acceptors (Lipinski definition) is 3. The Morgan fingerprint density at radius 1 is 1.17 bits per heavy atom.